The fraction of sp³-hybridized carbons (Fsp3) is 0.455. The molecule has 1 rings (SSSR count). The van der Waals surface area contributed by atoms with Gasteiger partial charge in [0.25, 0.3) is 0 Å². The van der Waals surface area contributed by atoms with Gasteiger partial charge in [0.2, 0.25) is 0 Å². The van der Waals surface area contributed by atoms with Crippen LogP contribution < -0.4 is 11.1 Å². The number of rotatable bonds is 5. The molecule has 1 unspecified atom stereocenters. The van der Waals surface area contributed by atoms with Crippen molar-refractivity contribution in [3.05, 3.63) is 34.3 Å². The SMILES string of the molecule is CNC(CCCN)c1ccc(Br)cc1. The normalized spacial score (nSPS) is 12.8. The minimum absolute atomic E-state index is 0.423. The summed E-state index contributed by atoms with van der Waals surface area (Å²) in [5.41, 5.74) is 6.82. The van der Waals surface area contributed by atoms with Gasteiger partial charge in [0.05, 0.1) is 0 Å². The maximum absolute atomic E-state index is 5.50. The van der Waals surface area contributed by atoms with E-state index in [1.54, 1.807) is 0 Å². The summed E-state index contributed by atoms with van der Waals surface area (Å²) < 4.78 is 1.12. The van der Waals surface area contributed by atoms with Crippen molar-refractivity contribution in [1.82, 2.24) is 5.32 Å². The fourth-order valence-electron chi connectivity index (χ4n) is 1.49. The first-order chi connectivity index (χ1) is 6.77. The van der Waals surface area contributed by atoms with Gasteiger partial charge in [-0.15, -0.1) is 0 Å². The second-order valence-electron chi connectivity index (χ2n) is 3.32. The van der Waals surface area contributed by atoms with Crippen LogP contribution in [0.1, 0.15) is 24.4 Å². The highest BCUT2D eigenvalue weighted by Crippen LogP contribution is 2.20. The Morgan fingerprint density at radius 2 is 2.00 bits per heavy atom. The molecule has 1 aromatic carbocycles. The number of hydrogen-bond acceptors (Lipinski definition) is 2. The zero-order chi connectivity index (χ0) is 10.4. The van der Waals surface area contributed by atoms with Crippen molar-refractivity contribution in [3.63, 3.8) is 0 Å². The zero-order valence-corrected chi connectivity index (χ0v) is 10.0. The van der Waals surface area contributed by atoms with Crippen LogP contribution in [0.4, 0.5) is 0 Å². The van der Waals surface area contributed by atoms with Crippen LogP contribution in [0.2, 0.25) is 0 Å². The van der Waals surface area contributed by atoms with Gasteiger partial charge in [-0.2, -0.15) is 0 Å². The molecule has 0 aliphatic carbocycles. The molecule has 14 heavy (non-hydrogen) atoms. The van der Waals surface area contributed by atoms with E-state index in [-0.39, 0.29) is 0 Å². The average Bonchev–Trinajstić information content (AvgIpc) is 2.21. The lowest BCUT2D eigenvalue weighted by Gasteiger charge is -2.16. The second-order valence-corrected chi connectivity index (χ2v) is 4.24. The summed E-state index contributed by atoms with van der Waals surface area (Å²) in [5, 5.41) is 3.30. The van der Waals surface area contributed by atoms with E-state index in [0.717, 1.165) is 23.9 Å². The molecule has 3 heteroatoms. The molecular weight excluding hydrogens is 240 g/mol. The van der Waals surface area contributed by atoms with E-state index in [2.05, 4.69) is 45.5 Å². The first kappa shape index (κ1) is 11.7. The van der Waals surface area contributed by atoms with Gasteiger partial charge in [0.1, 0.15) is 0 Å². The molecule has 0 amide bonds. The summed E-state index contributed by atoms with van der Waals surface area (Å²) in [4.78, 5) is 0. The molecular formula is C11H17BrN2. The first-order valence-electron chi connectivity index (χ1n) is 4.90. The molecule has 0 aromatic heterocycles. The summed E-state index contributed by atoms with van der Waals surface area (Å²) in [5.74, 6) is 0. The Morgan fingerprint density at radius 1 is 1.36 bits per heavy atom. The zero-order valence-electron chi connectivity index (χ0n) is 8.46. The lowest BCUT2D eigenvalue weighted by molar-refractivity contribution is 0.531. The topological polar surface area (TPSA) is 38.0 Å². The Hall–Kier alpha value is -0.380. The van der Waals surface area contributed by atoms with Gasteiger partial charge in [0, 0.05) is 10.5 Å². The number of halogens is 1. The van der Waals surface area contributed by atoms with E-state index in [1.807, 2.05) is 7.05 Å². The third-order valence-corrected chi connectivity index (χ3v) is 2.85. The van der Waals surface area contributed by atoms with Gasteiger partial charge in [-0.1, -0.05) is 28.1 Å². The van der Waals surface area contributed by atoms with Crippen molar-refractivity contribution in [2.75, 3.05) is 13.6 Å². The summed E-state index contributed by atoms with van der Waals surface area (Å²) in [7, 11) is 1.99. The van der Waals surface area contributed by atoms with E-state index < -0.39 is 0 Å². The summed E-state index contributed by atoms with van der Waals surface area (Å²) in [6.45, 7) is 0.759. The van der Waals surface area contributed by atoms with E-state index in [9.17, 15) is 0 Å². The van der Waals surface area contributed by atoms with Crippen LogP contribution in [0.3, 0.4) is 0 Å². The second kappa shape index (κ2) is 6.17. The molecule has 0 aliphatic rings. The molecule has 0 heterocycles. The fourth-order valence-corrected chi connectivity index (χ4v) is 1.76. The number of benzene rings is 1. The van der Waals surface area contributed by atoms with Crippen molar-refractivity contribution < 1.29 is 0 Å². The Labute approximate surface area is 94.0 Å². The first-order valence-corrected chi connectivity index (χ1v) is 5.70. The molecule has 0 aliphatic heterocycles. The smallest absolute Gasteiger partial charge is 0.0318 e. The maximum Gasteiger partial charge on any atom is 0.0318 e. The van der Waals surface area contributed by atoms with Gasteiger partial charge < -0.3 is 11.1 Å². The van der Waals surface area contributed by atoms with Crippen LogP contribution in [0, 0.1) is 0 Å². The predicted octanol–water partition coefficient (Wildman–Crippen LogP) is 2.45. The van der Waals surface area contributed by atoms with Crippen LogP contribution in [-0.4, -0.2) is 13.6 Å². The highest BCUT2D eigenvalue weighted by Gasteiger charge is 2.07. The summed E-state index contributed by atoms with van der Waals surface area (Å²) in [6.07, 6.45) is 2.15. The molecule has 0 bridgehead atoms. The van der Waals surface area contributed by atoms with Crippen LogP contribution in [-0.2, 0) is 0 Å². The van der Waals surface area contributed by atoms with E-state index >= 15 is 0 Å². The van der Waals surface area contributed by atoms with Gasteiger partial charge in [-0.05, 0) is 44.1 Å². The number of nitrogens with one attached hydrogen (secondary N) is 1. The Kier molecular flexibility index (Phi) is 5.15. The molecule has 0 saturated heterocycles. The van der Waals surface area contributed by atoms with Gasteiger partial charge in [0.15, 0.2) is 0 Å². The largest absolute Gasteiger partial charge is 0.330 e. The van der Waals surface area contributed by atoms with Crippen LogP contribution in [0.5, 0.6) is 0 Å². The molecule has 3 N–H and O–H groups in total. The van der Waals surface area contributed by atoms with Crippen molar-refractivity contribution in [3.8, 4) is 0 Å². The van der Waals surface area contributed by atoms with Crippen LogP contribution in [0.15, 0.2) is 28.7 Å². The third-order valence-electron chi connectivity index (χ3n) is 2.32. The van der Waals surface area contributed by atoms with Crippen molar-refractivity contribution >= 4 is 15.9 Å². The van der Waals surface area contributed by atoms with Crippen molar-refractivity contribution in [2.45, 2.75) is 18.9 Å². The summed E-state index contributed by atoms with van der Waals surface area (Å²) >= 11 is 3.43. The number of nitrogens with two attached hydrogens (primary N) is 1. The highest BCUT2D eigenvalue weighted by atomic mass is 79.9. The molecule has 2 nitrogen and oxygen atoms in total. The Balaban J connectivity index is 2.64. The minimum atomic E-state index is 0.423. The lowest BCUT2D eigenvalue weighted by Crippen LogP contribution is -2.17. The van der Waals surface area contributed by atoms with E-state index in [4.69, 9.17) is 5.73 Å². The van der Waals surface area contributed by atoms with Crippen LogP contribution >= 0.6 is 15.9 Å². The van der Waals surface area contributed by atoms with E-state index in [0.29, 0.717) is 6.04 Å². The molecule has 0 saturated carbocycles. The predicted molar refractivity (Wildman–Crippen MR) is 64.2 cm³/mol. The van der Waals surface area contributed by atoms with Crippen LogP contribution in [0.25, 0.3) is 0 Å². The standard InChI is InChI=1S/C11H17BrN2/c1-14-11(3-2-8-13)9-4-6-10(12)7-5-9/h4-7,11,14H,2-3,8,13H2,1H3. The molecule has 0 fully saturated rings. The van der Waals surface area contributed by atoms with Gasteiger partial charge in [-0.3, -0.25) is 0 Å². The highest BCUT2D eigenvalue weighted by molar-refractivity contribution is 9.10. The molecule has 0 radical (unpaired) electrons. The lowest BCUT2D eigenvalue weighted by atomic mass is 10.0. The molecule has 1 aromatic rings. The monoisotopic (exact) mass is 256 g/mol. The average molecular weight is 257 g/mol. The van der Waals surface area contributed by atoms with E-state index in [1.165, 1.54) is 5.56 Å². The number of hydrogen-bond donors (Lipinski definition) is 2. The third kappa shape index (κ3) is 3.40. The minimum Gasteiger partial charge on any atom is -0.330 e. The quantitative estimate of drug-likeness (QED) is 0.850. The molecule has 78 valence electrons. The molecule has 0 spiro atoms. The Bertz CT molecular complexity index is 258. The van der Waals surface area contributed by atoms with Crippen molar-refractivity contribution in [2.24, 2.45) is 5.73 Å². The molecule has 1 atom stereocenters. The Morgan fingerprint density at radius 3 is 2.50 bits per heavy atom. The maximum atomic E-state index is 5.50. The van der Waals surface area contributed by atoms with Crippen molar-refractivity contribution in [1.29, 1.82) is 0 Å². The van der Waals surface area contributed by atoms with Gasteiger partial charge in [-0.25, -0.2) is 0 Å². The summed E-state index contributed by atoms with van der Waals surface area (Å²) in [6, 6.07) is 8.85. The van der Waals surface area contributed by atoms with Gasteiger partial charge >= 0.3 is 0 Å².